The second-order valence-electron chi connectivity index (χ2n) is 6.91. The van der Waals surface area contributed by atoms with E-state index in [1.165, 1.54) is 43.1 Å². The van der Waals surface area contributed by atoms with Crippen LogP contribution >= 0.6 is 11.6 Å². The van der Waals surface area contributed by atoms with Gasteiger partial charge in [-0.1, -0.05) is 35.9 Å². The predicted molar refractivity (Wildman–Crippen MR) is 113 cm³/mol. The van der Waals surface area contributed by atoms with Crippen LogP contribution in [0.25, 0.3) is 0 Å². The molecule has 0 bridgehead atoms. The van der Waals surface area contributed by atoms with E-state index in [-0.39, 0.29) is 38.3 Å². The molecule has 3 aromatic rings. The van der Waals surface area contributed by atoms with E-state index in [9.17, 15) is 22.4 Å². The Morgan fingerprint density at radius 3 is 2.35 bits per heavy atom. The molecule has 7 nitrogen and oxygen atoms in total. The Kier molecular flexibility index (Phi) is 6.19. The van der Waals surface area contributed by atoms with E-state index < -0.39 is 27.5 Å². The lowest BCUT2D eigenvalue weighted by molar-refractivity contribution is 0.0779. The summed E-state index contributed by atoms with van der Waals surface area (Å²) in [5.41, 5.74) is 5.49. The highest BCUT2D eigenvalue weighted by Crippen LogP contribution is 2.30. The Morgan fingerprint density at radius 1 is 1.13 bits per heavy atom. The fourth-order valence-corrected chi connectivity index (χ4v) is 5.09. The predicted octanol–water partition coefficient (Wildman–Crippen LogP) is 3.32. The quantitative estimate of drug-likeness (QED) is 0.583. The van der Waals surface area contributed by atoms with E-state index in [0.29, 0.717) is 5.56 Å². The summed E-state index contributed by atoms with van der Waals surface area (Å²) in [6.45, 7) is 1.45. The van der Waals surface area contributed by atoms with Crippen molar-refractivity contribution in [3.63, 3.8) is 0 Å². The summed E-state index contributed by atoms with van der Waals surface area (Å²) in [6, 6.07) is 11.3. The first-order chi connectivity index (χ1) is 14.5. The second-order valence-corrected chi connectivity index (χ2v) is 9.20. The number of amides is 2. The molecular weight excluding hydrogens is 445 g/mol. The number of nitrogens with two attached hydrogens (primary N) is 1. The number of halogens is 2. The van der Waals surface area contributed by atoms with Gasteiger partial charge in [0, 0.05) is 18.6 Å². The van der Waals surface area contributed by atoms with Crippen molar-refractivity contribution < 1.29 is 22.4 Å². The molecule has 31 heavy (non-hydrogen) atoms. The lowest BCUT2D eigenvalue weighted by Crippen LogP contribution is -2.27. The fourth-order valence-electron chi connectivity index (χ4n) is 3.19. The lowest BCUT2D eigenvalue weighted by Gasteiger charge is -2.18. The van der Waals surface area contributed by atoms with Crippen LogP contribution in [-0.4, -0.2) is 37.2 Å². The molecule has 2 aromatic carbocycles. The number of aromatic nitrogens is 1. The SMILES string of the molecule is Cc1c(C(=O)N(C)Cc2ccc(F)cc2Cl)[nH]c(C(N)=O)c1S(=O)(=O)c1ccccc1. The van der Waals surface area contributed by atoms with Crippen LogP contribution in [0.2, 0.25) is 5.02 Å². The molecule has 0 unspecified atom stereocenters. The Bertz CT molecular complexity index is 1270. The number of nitrogens with zero attached hydrogens (tertiary/aromatic N) is 1. The molecule has 0 saturated carbocycles. The largest absolute Gasteiger partial charge is 0.364 e. The van der Waals surface area contributed by atoms with Crippen molar-refractivity contribution in [3.8, 4) is 0 Å². The number of carbonyl (C=O) groups is 2. The summed E-state index contributed by atoms with van der Waals surface area (Å²) in [4.78, 5) is 28.5. The molecule has 0 atom stereocenters. The molecule has 2 amide bonds. The maximum atomic E-state index is 13.3. The minimum atomic E-state index is -4.12. The lowest BCUT2D eigenvalue weighted by atomic mass is 10.2. The van der Waals surface area contributed by atoms with Crippen molar-refractivity contribution in [2.24, 2.45) is 5.73 Å². The summed E-state index contributed by atoms with van der Waals surface area (Å²) in [5.74, 6) is -2.11. The Labute approximate surface area is 183 Å². The zero-order valence-corrected chi connectivity index (χ0v) is 18.2. The van der Waals surface area contributed by atoms with Gasteiger partial charge in [-0.3, -0.25) is 9.59 Å². The number of carbonyl (C=O) groups excluding carboxylic acids is 2. The van der Waals surface area contributed by atoms with E-state index >= 15 is 0 Å². The van der Waals surface area contributed by atoms with Crippen LogP contribution in [0.15, 0.2) is 58.3 Å². The number of hydrogen-bond acceptors (Lipinski definition) is 4. The zero-order valence-electron chi connectivity index (χ0n) is 16.6. The van der Waals surface area contributed by atoms with E-state index in [4.69, 9.17) is 17.3 Å². The highest BCUT2D eigenvalue weighted by Gasteiger charge is 2.32. The normalized spacial score (nSPS) is 11.4. The van der Waals surface area contributed by atoms with Crippen LogP contribution in [-0.2, 0) is 16.4 Å². The number of benzene rings is 2. The van der Waals surface area contributed by atoms with Crippen LogP contribution < -0.4 is 5.73 Å². The first-order valence-corrected chi connectivity index (χ1v) is 10.9. The molecule has 0 aliphatic rings. The first kappa shape index (κ1) is 22.5. The van der Waals surface area contributed by atoms with Crippen LogP contribution in [0.1, 0.15) is 32.1 Å². The average molecular weight is 464 g/mol. The number of aromatic amines is 1. The van der Waals surface area contributed by atoms with Crippen molar-refractivity contribution in [2.75, 3.05) is 7.05 Å². The topological polar surface area (TPSA) is 113 Å². The van der Waals surface area contributed by atoms with E-state index in [0.717, 1.165) is 6.07 Å². The second kappa shape index (κ2) is 8.52. The number of rotatable bonds is 6. The number of H-pyrrole nitrogens is 1. The van der Waals surface area contributed by atoms with Crippen molar-refractivity contribution in [1.29, 1.82) is 0 Å². The molecule has 3 N–H and O–H groups in total. The van der Waals surface area contributed by atoms with Gasteiger partial charge < -0.3 is 15.6 Å². The molecule has 0 fully saturated rings. The van der Waals surface area contributed by atoms with Gasteiger partial charge in [0.05, 0.1) is 4.90 Å². The van der Waals surface area contributed by atoms with Crippen molar-refractivity contribution >= 4 is 33.3 Å². The maximum Gasteiger partial charge on any atom is 0.270 e. The Balaban J connectivity index is 2.03. The third-order valence-corrected chi connectivity index (χ3v) is 7.04. The maximum absolute atomic E-state index is 13.3. The summed E-state index contributed by atoms with van der Waals surface area (Å²) < 4.78 is 39.6. The standard InChI is InChI=1S/C21H19ClFN3O4S/c1-12-17(21(28)26(2)11-13-8-9-14(23)10-16(13)22)25-18(20(24)27)19(12)31(29,30)15-6-4-3-5-7-15/h3-10,25H,11H2,1-2H3,(H2,24,27). The first-order valence-electron chi connectivity index (χ1n) is 9.06. The monoisotopic (exact) mass is 463 g/mol. The molecule has 0 saturated heterocycles. The number of primary amides is 1. The van der Waals surface area contributed by atoms with Gasteiger partial charge in [0.25, 0.3) is 11.8 Å². The van der Waals surface area contributed by atoms with Crippen LogP contribution in [0.5, 0.6) is 0 Å². The summed E-state index contributed by atoms with van der Waals surface area (Å²) >= 11 is 6.03. The van der Waals surface area contributed by atoms with Gasteiger partial charge in [0.2, 0.25) is 9.84 Å². The molecule has 162 valence electrons. The molecule has 3 rings (SSSR count). The van der Waals surface area contributed by atoms with Crippen molar-refractivity contribution in [2.45, 2.75) is 23.3 Å². The molecule has 0 aliphatic carbocycles. The van der Waals surface area contributed by atoms with Gasteiger partial charge in [-0.25, -0.2) is 12.8 Å². The smallest absolute Gasteiger partial charge is 0.270 e. The van der Waals surface area contributed by atoms with Crippen molar-refractivity contribution in [1.82, 2.24) is 9.88 Å². The highest BCUT2D eigenvalue weighted by atomic mass is 35.5. The van der Waals surface area contributed by atoms with Gasteiger partial charge in [0.1, 0.15) is 22.1 Å². The van der Waals surface area contributed by atoms with Gasteiger partial charge in [0.15, 0.2) is 0 Å². The molecular formula is C21H19ClFN3O4S. The number of sulfone groups is 1. The third-order valence-electron chi connectivity index (χ3n) is 4.74. The van der Waals surface area contributed by atoms with Crippen molar-refractivity contribution in [3.05, 3.63) is 81.9 Å². The van der Waals surface area contributed by atoms with Crippen LogP contribution in [0, 0.1) is 12.7 Å². The minimum absolute atomic E-state index is 0.0308. The molecule has 1 aromatic heterocycles. The highest BCUT2D eigenvalue weighted by molar-refractivity contribution is 7.91. The van der Waals surface area contributed by atoms with E-state index in [1.807, 2.05) is 0 Å². The van der Waals surface area contributed by atoms with E-state index in [1.54, 1.807) is 18.2 Å². The van der Waals surface area contributed by atoms with Gasteiger partial charge in [-0.05, 0) is 42.3 Å². The molecule has 0 aliphatic heterocycles. The number of nitrogens with one attached hydrogen (secondary N) is 1. The Hall–Kier alpha value is -3.17. The molecule has 0 radical (unpaired) electrons. The summed E-state index contributed by atoms with van der Waals surface area (Å²) in [6.07, 6.45) is 0. The van der Waals surface area contributed by atoms with Gasteiger partial charge in [-0.2, -0.15) is 0 Å². The van der Waals surface area contributed by atoms with Gasteiger partial charge in [-0.15, -0.1) is 0 Å². The minimum Gasteiger partial charge on any atom is -0.364 e. The average Bonchev–Trinajstić information content (AvgIpc) is 3.08. The molecule has 10 heteroatoms. The Morgan fingerprint density at radius 2 is 1.77 bits per heavy atom. The zero-order chi connectivity index (χ0) is 22.9. The third kappa shape index (κ3) is 4.33. The number of hydrogen-bond donors (Lipinski definition) is 2. The summed E-state index contributed by atoms with van der Waals surface area (Å²) in [5, 5.41) is 0.146. The molecule has 1 heterocycles. The van der Waals surface area contributed by atoms with E-state index in [2.05, 4.69) is 4.98 Å². The summed E-state index contributed by atoms with van der Waals surface area (Å²) in [7, 11) is -2.65. The fraction of sp³-hybridized carbons (Fsp3) is 0.143. The van der Waals surface area contributed by atoms with Crippen LogP contribution in [0.4, 0.5) is 4.39 Å². The molecule has 0 spiro atoms. The van der Waals surface area contributed by atoms with Gasteiger partial charge >= 0.3 is 0 Å². The van der Waals surface area contributed by atoms with Crippen LogP contribution in [0.3, 0.4) is 0 Å².